The Bertz CT molecular complexity index is 5000. The van der Waals surface area contributed by atoms with Crippen molar-refractivity contribution in [3.8, 4) is 66.8 Å². The second kappa shape index (κ2) is 51.5. The largest absolute Gasteiger partial charge is 0.143 e. The summed E-state index contributed by atoms with van der Waals surface area (Å²) in [6.45, 7) is 18.9. The van der Waals surface area contributed by atoms with Crippen LogP contribution in [-0.2, 0) is 47.3 Å². The molecule has 0 fully saturated rings. The summed E-state index contributed by atoms with van der Waals surface area (Å²) in [5, 5.41) is 0. The van der Waals surface area contributed by atoms with Crippen LogP contribution in [0.15, 0.2) is 228 Å². The van der Waals surface area contributed by atoms with Crippen LogP contribution in [0.2, 0.25) is 0 Å². The Hall–Kier alpha value is -7.88. The summed E-state index contributed by atoms with van der Waals surface area (Å²) in [5.41, 5.74) is 38.5. The first-order chi connectivity index (χ1) is 67.0. The lowest BCUT2D eigenvalue weighted by molar-refractivity contribution is 0.398. The quantitative estimate of drug-likeness (QED) is 0.0275. The highest BCUT2D eigenvalue weighted by molar-refractivity contribution is 7.80. The Balaban J connectivity index is 1.05. The van der Waals surface area contributed by atoms with Crippen LogP contribution in [0.5, 0.6) is 0 Å². The number of rotatable bonds is 62. The zero-order chi connectivity index (χ0) is 94.4. The van der Waals surface area contributed by atoms with Gasteiger partial charge in [-0.05, 0) is 306 Å². The average molecular weight is 1850 g/mol. The van der Waals surface area contributed by atoms with Gasteiger partial charge in [-0.2, -0.15) is 0 Å². The van der Waals surface area contributed by atoms with E-state index in [-0.39, 0.29) is 10.8 Å². The Kier molecular flexibility index (Phi) is 38.8. The van der Waals surface area contributed by atoms with Crippen LogP contribution in [0.1, 0.15) is 478 Å². The zero-order valence-corrected chi connectivity index (χ0v) is 88.1. The first kappa shape index (κ1) is 103. The number of aryl methyl sites for hydroxylation is 4. The van der Waals surface area contributed by atoms with E-state index in [0.29, 0.717) is 0 Å². The third kappa shape index (κ3) is 23.5. The smallest absolute Gasteiger partial charge is 0.0714 e. The van der Waals surface area contributed by atoms with Crippen molar-refractivity contribution < 1.29 is 0 Å². The second-order valence-electron chi connectivity index (χ2n) is 43.0. The van der Waals surface area contributed by atoms with Gasteiger partial charge in [0, 0.05) is 20.6 Å². The van der Waals surface area contributed by atoms with Crippen LogP contribution in [-0.4, -0.2) is 0 Å². The molecule has 0 aliphatic heterocycles. The molecule has 0 atom stereocenters. The topological polar surface area (TPSA) is 0 Å². The van der Waals surface area contributed by atoms with Crippen molar-refractivity contribution in [2.24, 2.45) is 0 Å². The summed E-state index contributed by atoms with van der Waals surface area (Å²) < 4.78 is 0. The molecule has 11 aromatic rings. The number of unbranched alkanes of at least 4 members (excludes halogenated alkanes) is 40. The van der Waals surface area contributed by atoms with Crippen LogP contribution in [0, 0.1) is 0 Å². The van der Waals surface area contributed by atoms with E-state index < -0.39 is 10.8 Å². The molecule has 4 aliphatic rings. The van der Waals surface area contributed by atoms with Crippen molar-refractivity contribution in [3.05, 3.63) is 307 Å². The lowest BCUT2D eigenvalue weighted by atomic mass is 9.65. The van der Waals surface area contributed by atoms with Gasteiger partial charge in [0.2, 0.25) is 0 Å². The minimum Gasteiger partial charge on any atom is -0.143 e. The molecule has 0 aromatic heterocycles. The molecule has 0 bridgehead atoms. The molecule has 15 rings (SSSR count). The van der Waals surface area contributed by atoms with Crippen LogP contribution in [0.3, 0.4) is 0 Å². The zero-order valence-electron chi connectivity index (χ0n) is 86.3. The van der Waals surface area contributed by atoms with E-state index in [0.717, 1.165) is 61.2 Å². The lowest BCUT2D eigenvalue weighted by Crippen LogP contribution is -2.30. The van der Waals surface area contributed by atoms with E-state index in [4.69, 9.17) is 25.3 Å². The molecule has 0 spiro atoms. The van der Waals surface area contributed by atoms with Crippen LogP contribution >= 0.6 is 25.3 Å². The second-order valence-corrected chi connectivity index (χ2v) is 44.1. The average Bonchev–Trinajstić information content (AvgIpc) is 1.49. The van der Waals surface area contributed by atoms with E-state index in [2.05, 4.69) is 274 Å². The molecule has 0 N–H and O–H groups in total. The minimum atomic E-state index is -0.708. The molecule has 136 heavy (non-hydrogen) atoms. The maximum Gasteiger partial charge on any atom is 0.0714 e. The highest BCUT2D eigenvalue weighted by atomic mass is 32.1. The Morgan fingerprint density at radius 3 is 0.574 bits per heavy atom. The van der Waals surface area contributed by atoms with Gasteiger partial charge < -0.3 is 0 Å². The first-order valence-corrected chi connectivity index (χ1v) is 57.7. The molecule has 2 heteroatoms. The molecule has 722 valence electrons. The molecule has 0 heterocycles. The maximum absolute atomic E-state index is 4.90. The molecule has 4 aliphatic carbocycles. The molecule has 0 nitrogen and oxygen atoms in total. The van der Waals surface area contributed by atoms with Gasteiger partial charge in [-0.15, -0.1) is 25.3 Å². The molecule has 0 saturated carbocycles. The fourth-order valence-electron chi connectivity index (χ4n) is 25.6. The van der Waals surface area contributed by atoms with E-state index in [9.17, 15) is 0 Å². The van der Waals surface area contributed by atoms with Crippen molar-refractivity contribution in [1.29, 1.82) is 0 Å². The van der Waals surface area contributed by atoms with Crippen molar-refractivity contribution in [3.63, 3.8) is 0 Å². The van der Waals surface area contributed by atoms with Crippen LogP contribution < -0.4 is 0 Å². The van der Waals surface area contributed by atoms with Gasteiger partial charge in [0.05, 0.1) is 10.8 Å². The Morgan fingerprint density at radius 1 is 0.162 bits per heavy atom. The predicted molar refractivity (Wildman–Crippen MR) is 599 cm³/mol. The molecule has 0 amide bonds. The van der Waals surface area contributed by atoms with Gasteiger partial charge >= 0.3 is 0 Å². The number of fused-ring (bicyclic) bond motifs is 12. The summed E-state index contributed by atoms with van der Waals surface area (Å²) in [4.78, 5) is 2.02. The molecule has 0 unspecified atom stereocenters. The number of thiol groups is 2. The molecule has 11 aromatic carbocycles. The van der Waals surface area contributed by atoms with Crippen molar-refractivity contribution in [1.82, 2.24) is 0 Å². The minimum absolute atomic E-state index is 0.200. The summed E-state index contributed by atoms with van der Waals surface area (Å²) in [5.74, 6) is 0. The van der Waals surface area contributed by atoms with Gasteiger partial charge in [-0.25, -0.2) is 0 Å². The lowest BCUT2D eigenvalue weighted by Gasteiger charge is -2.36. The highest BCUT2D eigenvalue weighted by Gasteiger charge is 2.55. The van der Waals surface area contributed by atoms with E-state index in [1.54, 1.807) is 22.3 Å². The number of hydrogen-bond donors (Lipinski definition) is 2. The van der Waals surface area contributed by atoms with Crippen molar-refractivity contribution in [2.75, 3.05) is 0 Å². The van der Waals surface area contributed by atoms with Gasteiger partial charge in [0.25, 0.3) is 0 Å². The maximum atomic E-state index is 4.90. The van der Waals surface area contributed by atoms with Gasteiger partial charge in [-0.3, -0.25) is 0 Å². The Labute approximate surface area is 839 Å². The van der Waals surface area contributed by atoms with E-state index in [1.165, 1.54) is 442 Å². The fraction of sp³-hybridized carbons (Fsp3) is 0.507. The summed E-state index contributed by atoms with van der Waals surface area (Å²) in [7, 11) is 0. The van der Waals surface area contributed by atoms with Gasteiger partial charge in [-0.1, -0.05) is 483 Å². The van der Waals surface area contributed by atoms with Crippen LogP contribution in [0.25, 0.3) is 66.8 Å². The van der Waals surface area contributed by atoms with Crippen molar-refractivity contribution in [2.45, 2.75) is 446 Å². The van der Waals surface area contributed by atoms with E-state index >= 15 is 0 Å². The number of hydrogen-bond acceptors (Lipinski definition) is 2. The van der Waals surface area contributed by atoms with Gasteiger partial charge in [0.1, 0.15) is 0 Å². The summed E-state index contributed by atoms with van der Waals surface area (Å²) in [6.07, 6.45) is 70.8. The molecule has 0 saturated heterocycles. The summed E-state index contributed by atoms with van der Waals surface area (Å²) >= 11 is 9.81. The third-order valence-corrected chi connectivity index (χ3v) is 34.0. The highest BCUT2D eigenvalue weighted by Crippen LogP contribution is 2.68. The standard InChI is InChI=1S/C134H174S2/c1-9-17-25-33-41-49-57-101-61-75-109(76-62-101)133(110-77-63-102(64-78-110)58-50-42-34-26-18-10-2)127-97-117-115-87-73-107(105-69-83-113(135)84-70-105)93-123(115)131(89-53-45-37-29-21-13-5,90-54-46-38-30-22-14-6)125(117)95-119(127)121-100-130-122(99-129(121)133)120-96-126-118(116-88-74-108(106-71-85-114(136)86-72-106)94-124(116)132(126,91-55-47-39-31-23-15-7)92-56-48-40-32-24-16-8)98-128(120)134(130,111-79-65-103(66-80-111)59-51-43-35-27-19-11-3)112-81-67-104(68-82-112)60-52-44-36-28-20-12-4/h61-88,93-100,135-136H,9-60,89-92H2,1-8H3. The Morgan fingerprint density at radius 2 is 0.346 bits per heavy atom. The van der Waals surface area contributed by atoms with E-state index in [1.807, 2.05) is 0 Å². The van der Waals surface area contributed by atoms with Gasteiger partial charge in [0.15, 0.2) is 0 Å². The monoisotopic (exact) mass is 1850 g/mol. The normalized spacial score (nSPS) is 14.1. The summed E-state index contributed by atoms with van der Waals surface area (Å²) in [6, 6.07) is 93.4. The SMILES string of the molecule is CCCCCCCCc1ccc(C2(c3ccc(CCCCCCCC)cc3)c3cc4c(cc3-c3cc5c(cc32)-c2cc3c(cc2C5(c2ccc(CCCCCCCC)cc2)c2ccc(CCCCCCCC)cc2)-c2ccc(-c5ccc(S)cc5)cc2C3(CCCCCCCC)CCCCCCCC)C(CCCCCCCC)(CCCCCCCC)c2cc(-c3ccc(S)cc3)ccc2-4)cc1. The van der Waals surface area contributed by atoms with Crippen molar-refractivity contribution >= 4 is 25.3 Å². The fourth-order valence-corrected chi connectivity index (χ4v) is 25.9. The predicted octanol–water partition coefficient (Wildman–Crippen LogP) is 41.5. The number of benzene rings is 11. The third-order valence-electron chi connectivity index (χ3n) is 33.4. The molecule has 0 radical (unpaired) electrons. The molecular weight excluding hydrogens is 1670 g/mol. The first-order valence-electron chi connectivity index (χ1n) is 56.8. The van der Waals surface area contributed by atoms with Crippen LogP contribution in [0.4, 0.5) is 0 Å². The molecular formula is C134H174S2.